The molecule has 0 aliphatic heterocycles. The van der Waals surface area contributed by atoms with Crippen molar-refractivity contribution in [2.75, 3.05) is 18.0 Å². The Hall–Kier alpha value is -1.36. The average molecular weight is 244 g/mol. The van der Waals surface area contributed by atoms with Gasteiger partial charge in [0.2, 0.25) is 5.82 Å². The molecule has 0 fully saturated rings. The number of halogens is 1. The number of aromatic nitrogens is 1. The Kier molecular flexibility index (Phi) is 4.06. The van der Waals surface area contributed by atoms with Crippen LogP contribution in [0, 0.1) is 17.0 Å². The lowest BCUT2D eigenvalue weighted by Gasteiger charge is -2.20. The van der Waals surface area contributed by atoms with E-state index in [2.05, 4.69) is 4.98 Å². The zero-order chi connectivity index (χ0) is 12.3. The van der Waals surface area contributed by atoms with E-state index in [0.29, 0.717) is 24.6 Å². The van der Waals surface area contributed by atoms with Crippen molar-refractivity contribution in [2.45, 2.75) is 20.8 Å². The Labute approximate surface area is 99.2 Å². The predicted octanol–water partition coefficient (Wildman–Crippen LogP) is 2.80. The summed E-state index contributed by atoms with van der Waals surface area (Å²) in [6, 6.07) is 1.51. The van der Waals surface area contributed by atoms with Crippen LogP contribution in [0.5, 0.6) is 0 Å². The molecule has 16 heavy (non-hydrogen) atoms. The molecule has 0 radical (unpaired) electrons. The monoisotopic (exact) mass is 243 g/mol. The number of aryl methyl sites for hydroxylation is 1. The van der Waals surface area contributed by atoms with Gasteiger partial charge < -0.3 is 4.90 Å². The maximum absolute atomic E-state index is 10.9. The first-order chi connectivity index (χ1) is 7.51. The highest BCUT2D eigenvalue weighted by Gasteiger charge is 2.24. The number of nitrogens with zero attached hydrogens (tertiary/aromatic N) is 3. The van der Waals surface area contributed by atoms with Gasteiger partial charge >= 0.3 is 5.69 Å². The van der Waals surface area contributed by atoms with Gasteiger partial charge in [-0.2, -0.15) is 0 Å². The van der Waals surface area contributed by atoms with E-state index in [-0.39, 0.29) is 10.7 Å². The van der Waals surface area contributed by atoms with Crippen molar-refractivity contribution < 1.29 is 4.92 Å². The summed E-state index contributed by atoms with van der Waals surface area (Å²) >= 11 is 5.88. The highest BCUT2D eigenvalue weighted by Crippen LogP contribution is 2.33. The molecular formula is C10H14ClN3O2. The highest BCUT2D eigenvalue weighted by atomic mass is 35.5. The van der Waals surface area contributed by atoms with Crippen LogP contribution >= 0.6 is 11.6 Å². The predicted molar refractivity (Wildman–Crippen MR) is 64.2 cm³/mol. The molecule has 1 aromatic rings. The van der Waals surface area contributed by atoms with Gasteiger partial charge in [0.05, 0.1) is 4.92 Å². The van der Waals surface area contributed by atoms with Gasteiger partial charge in [0.1, 0.15) is 5.02 Å². The SMILES string of the molecule is CCN(CC)c1nc(C)cc(Cl)c1[N+](=O)[O-]. The van der Waals surface area contributed by atoms with E-state index in [0.717, 1.165) is 0 Å². The molecule has 0 N–H and O–H groups in total. The van der Waals surface area contributed by atoms with Gasteiger partial charge in [0.25, 0.3) is 0 Å². The highest BCUT2D eigenvalue weighted by molar-refractivity contribution is 6.33. The summed E-state index contributed by atoms with van der Waals surface area (Å²) < 4.78 is 0. The lowest BCUT2D eigenvalue weighted by molar-refractivity contribution is -0.384. The quantitative estimate of drug-likeness (QED) is 0.603. The molecule has 0 atom stereocenters. The molecule has 0 aliphatic rings. The first kappa shape index (κ1) is 12.7. The van der Waals surface area contributed by atoms with Crippen molar-refractivity contribution in [1.29, 1.82) is 0 Å². The average Bonchev–Trinajstić information content (AvgIpc) is 2.17. The maximum Gasteiger partial charge on any atom is 0.330 e. The van der Waals surface area contributed by atoms with Crippen molar-refractivity contribution >= 4 is 23.1 Å². The second-order valence-corrected chi connectivity index (χ2v) is 3.75. The molecule has 0 amide bonds. The van der Waals surface area contributed by atoms with Gasteiger partial charge in [-0.1, -0.05) is 11.6 Å². The topological polar surface area (TPSA) is 59.3 Å². The molecule has 88 valence electrons. The molecule has 0 unspecified atom stereocenters. The molecule has 0 saturated heterocycles. The van der Waals surface area contributed by atoms with Gasteiger partial charge in [-0.15, -0.1) is 0 Å². The summed E-state index contributed by atoms with van der Waals surface area (Å²) in [7, 11) is 0. The molecule has 0 aliphatic carbocycles. The molecule has 5 nitrogen and oxygen atoms in total. The Balaban J connectivity index is 3.39. The van der Waals surface area contributed by atoms with Crippen LogP contribution in [0.3, 0.4) is 0 Å². The zero-order valence-electron chi connectivity index (χ0n) is 9.53. The zero-order valence-corrected chi connectivity index (χ0v) is 10.3. The van der Waals surface area contributed by atoms with Crippen molar-refractivity contribution in [1.82, 2.24) is 4.98 Å². The number of pyridine rings is 1. The number of hydrogen-bond acceptors (Lipinski definition) is 4. The van der Waals surface area contributed by atoms with Crippen LogP contribution < -0.4 is 4.90 Å². The second kappa shape index (κ2) is 5.12. The summed E-state index contributed by atoms with van der Waals surface area (Å²) in [5, 5.41) is 11.1. The minimum Gasteiger partial charge on any atom is -0.351 e. The molecule has 0 aromatic carbocycles. The van der Waals surface area contributed by atoms with Gasteiger partial charge in [0.15, 0.2) is 0 Å². The smallest absolute Gasteiger partial charge is 0.330 e. The van der Waals surface area contributed by atoms with E-state index in [1.54, 1.807) is 6.92 Å². The molecule has 1 rings (SSSR count). The Morgan fingerprint density at radius 3 is 2.50 bits per heavy atom. The first-order valence-electron chi connectivity index (χ1n) is 5.07. The van der Waals surface area contributed by atoms with E-state index in [1.165, 1.54) is 6.07 Å². The fraction of sp³-hybridized carbons (Fsp3) is 0.500. The van der Waals surface area contributed by atoms with Gasteiger partial charge in [0, 0.05) is 18.8 Å². The summed E-state index contributed by atoms with van der Waals surface area (Å²) in [6.45, 7) is 6.92. The second-order valence-electron chi connectivity index (χ2n) is 3.35. The van der Waals surface area contributed by atoms with Crippen molar-refractivity contribution in [3.05, 3.63) is 26.9 Å². The maximum atomic E-state index is 10.9. The van der Waals surface area contributed by atoms with Crippen LogP contribution in [-0.2, 0) is 0 Å². The molecular weight excluding hydrogens is 230 g/mol. The molecule has 0 saturated carbocycles. The minimum atomic E-state index is -0.484. The summed E-state index contributed by atoms with van der Waals surface area (Å²) in [5.74, 6) is 0.347. The van der Waals surface area contributed by atoms with Crippen LogP contribution in [0.25, 0.3) is 0 Å². The van der Waals surface area contributed by atoms with Crippen LogP contribution in [-0.4, -0.2) is 23.0 Å². The third-order valence-corrected chi connectivity index (χ3v) is 2.59. The van der Waals surface area contributed by atoms with Crippen molar-refractivity contribution in [3.8, 4) is 0 Å². The van der Waals surface area contributed by atoms with E-state index in [1.807, 2.05) is 18.7 Å². The Bertz CT molecular complexity index is 405. The van der Waals surface area contributed by atoms with Crippen LogP contribution in [0.4, 0.5) is 11.5 Å². The fourth-order valence-corrected chi connectivity index (χ4v) is 1.83. The van der Waals surface area contributed by atoms with Crippen LogP contribution in [0.2, 0.25) is 5.02 Å². The van der Waals surface area contributed by atoms with E-state index in [9.17, 15) is 10.1 Å². The molecule has 1 heterocycles. The Morgan fingerprint density at radius 2 is 2.06 bits per heavy atom. The Morgan fingerprint density at radius 1 is 1.50 bits per heavy atom. The lowest BCUT2D eigenvalue weighted by Crippen LogP contribution is -2.24. The molecule has 0 bridgehead atoms. The minimum absolute atomic E-state index is 0.115. The lowest BCUT2D eigenvalue weighted by atomic mass is 10.3. The van der Waals surface area contributed by atoms with E-state index >= 15 is 0 Å². The fourth-order valence-electron chi connectivity index (χ4n) is 1.52. The van der Waals surface area contributed by atoms with Gasteiger partial charge in [-0.25, -0.2) is 4.98 Å². The van der Waals surface area contributed by atoms with E-state index < -0.39 is 4.92 Å². The van der Waals surface area contributed by atoms with Crippen LogP contribution in [0.15, 0.2) is 6.07 Å². The standard InChI is InChI=1S/C10H14ClN3O2/c1-4-13(5-2)10-9(14(15)16)8(11)6-7(3)12-10/h6H,4-5H2,1-3H3. The summed E-state index contributed by atoms with van der Waals surface area (Å²) in [4.78, 5) is 16.5. The van der Waals surface area contributed by atoms with E-state index in [4.69, 9.17) is 11.6 Å². The van der Waals surface area contributed by atoms with Crippen molar-refractivity contribution in [2.24, 2.45) is 0 Å². The summed E-state index contributed by atoms with van der Waals surface area (Å²) in [5.41, 5.74) is 0.563. The molecule has 1 aromatic heterocycles. The number of hydrogen-bond donors (Lipinski definition) is 0. The first-order valence-corrected chi connectivity index (χ1v) is 5.45. The third-order valence-electron chi connectivity index (χ3n) is 2.30. The molecule has 6 heteroatoms. The van der Waals surface area contributed by atoms with Gasteiger partial charge in [-0.3, -0.25) is 10.1 Å². The molecule has 0 spiro atoms. The number of nitro groups is 1. The normalized spacial score (nSPS) is 10.2. The third kappa shape index (κ3) is 2.41. The largest absolute Gasteiger partial charge is 0.351 e. The van der Waals surface area contributed by atoms with Crippen molar-refractivity contribution in [3.63, 3.8) is 0 Å². The van der Waals surface area contributed by atoms with Crippen LogP contribution in [0.1, 0.15) is 19.5 Å². The number of rotatable bonds is 4. The number of anilines is 1. The van der Waals surface area contributed by atoms with Gasteiger partial charge in [-0.05, 0) is 26.8 Å². The summed E-state index contributed by atoms with van der Waals surface area (Å²) in [6.07, 6.45) is 0.